The highest BCUT2D eigenvalue weighted by molar-refractivity contribution is 7.80. The SMILES string of the molecule is CC(CC(N)=S)Cc1ccsc1. The van der Waals surface area contributed by atoms with Crippen molar-refractivity contribution >= 4 is 28.5 Å². The smallest absolute Gasteiger partial charge is 0.0730 e. The molecule has 2 N–H and O–H groups in total. The van der Waals surface area contributed by atoms with E-state index in [2.05, 4.69) is 23.8 Å². The Bertz CT molecular complexity index is 241. The fraction of sp³-hybridized carbons (Fsp3) is 0.444. The lowest BCUT2D eigenvalue weighted by Gasteiger charge is -2.07. The van der Waals surface area contributed by atoms with Crippen molar-refractivity contribution < 1.29 is 0 Å². The number of hydrogen-bond donors (Lipinski definition) is 1. The highest BCUT2D eigenvalue weighted by atomic mass is 32.1. The van der Waals surface area contributed by atoms with E-state index >= 15 is 0 Å². The second-order valence-electron chi connectivity index (χ2n) is 3.11. The first kappa shape index (κ1) is 9.68. The van der Waals surface area contributed by atoms with Gasteiger partial charge in [0.2, 0.25) is 0 Å². The second-order valence-corrected chi connectivity index (χ2v) is 4.42. The molecule has 1 unspecified atom stereocenters. The van der Waals surface area contributed by atoms with Crippen LogP contribution in [0, 0.1) is 5.92 Å². The van der Waals surface area contributed by atoms with Gasteiger partial charge in [0.25, 0.3) is 0 Å². The predicted molar refractivity (Wildman–Crippen MR) is 58.6 cm³/mol. The molecule has 0 aliphatic carbocycles. The normalized spacial score (nSPS) is 12.8. The molecule has 1 atom stereocenters. The van der Waals surface area contributed by atoms with Gasteiger partial charge in [0.05, 0.1) is 4.99 Å². The molecule has 0 aromatic carbocycles. The molecule has 1 aromatic heterocycles. The molecule has 0 fully saturated rings. The number of hydrogen-bond acceptors (Lipinski definition) is 2. The Labute approximate surface area is 82.6 Å². The van der Waals surface area contributed by atoms with E-state index in [0.29, 0.717) is 10.9 Å². The molecule has 0 aliphatic heterocycles. The van der Waals surface area contributed by atoms with Crippen molar-refractivity contribution in [1.82, 2.24) is 0 Å². The van der Waals surface area contributed by atoms with Crippen molar-refractivity contribution in [2.24, 2.45) is 11.7 Å². The van der Waals surface area contributed by atoms with Crippen LogP contribution in [0.5, 0.6) is 0 Å². The summed E-state index contributed by atoms with van der Waals surface area (Å²) in [6.45, 7) is 2.18. The molecule has 0 saturated carbocycles. The predicted octanol–water partition coefficient (Wildman–Crippen LogP) is 2.60. The highest BCUT2D eigenvalue weighted by Crippen LogP contribution is 2.14. The van der Waals surface area contributed by atoms with Crippen molar-refractivity contribution in [3.05, 3.63) is 22.4 Å². The van der Waals surface area contributed by atoms with Gasteiger partial charge in [-0.1, -0.05) is 19.1 Å². The van der Waals surface area contributed by atoms with Crippen LogP contribution in [0.3, 0.4) is 0 Å². The number of rotatable bonds is 4. The van der Waals surface area contributed by atoms with E-state index in [-0.39, 0.29) is 0 Å². The molecule has 0 bridgehead atoms. The van der Waals surface area contributed by atoms with Gasteiger partial charge in [0, 0.05) is 6.42 Å². The van der Waals surface area contributed by atoms with Crippen molar-refractivity contribution in [2.75, 3.05) is 0 Å². The Kier molecular flexibility index (Phi) is 3.69. The molecular formula is C9H13NS2. The van der Waals surface area contributed by atoms with Crippen molar-refractivity contribution in [1.29, 1.82) is 0 Å². The maximum atomic E-state index is 5.46. The van der Waals surface area contributed by atoms with Crippen LogP contribution >= 0.6 is 23.6 Å². The largest absolute Gasteiger partial charge is 0.393 e. The number of nitrogens with two attached hydrogens (primary N) is 1. The summed E-state index contributed by atoms with van der Waals surface area (Å²) in [5.41, 5.74) is 6.85. The molecular weight excluding hydrogens is 186 g/mol. The summed E-state index contributed by atoms with van der Waals surface area (Å²) in [6, 6.07) is 2.15. The zero-order valence-corrected chi connectivity index (χ0v) is 8.75. The lowest BCUT2D eigenvalue weighted by atomic mass is 10.0. The molecule has 1 rings (SSSR count). The molecule has 0 aliphatic rings. The fourth-order valence-corrected chi connectivity index (χ4v) is 2.19. The van der Waals surface area contributed by atoms with Crippen LogP contribution in [-0.4, -0.2) is 4.99 Å². The van der Waals surface area contributed by atoms with E-state index in [0.717, 1.165) is 12.8 Å². The minimum absolute atomic E-state index is 0.567. The molecule has 0 radical (unpaired) electrons. The topological polar surface area (TPSA) is 26.0 Å². The molecule has 66 valence electrons. The van der Waals surface area contributed by atoms with Crippen LogP contribution in [-0.2, 0) is 6.42 Å². The second kappa shape index (κ2) is 4.58. The Balaban J connectivity index is 2.36. The van der Waals surface area contributed by atoms with E-state index in [1.165, 1.54) is 5.56 Å². The van der Waals surface area contributed by atoms with Crippen LogP contribution in [0.2, 0.25) is 0 Å². The Morgan fingerprint density at radius 3 is 3.00 bits per heavy atom. The average Bonchev–Trinajstić information content (AvgIpc) is 2.37. The molecule has 1 aromatic rings. The summed E-state index contributed by atoms with van der Waals surface area (Å²) in [5.74, 6) is 0.567. The van der Waals surface area contributed by atoms with Crippen LogP contribution in [0.15, 0.2) is 16.8 Å². The third-order valence-electron chi connectivity index (χ3n) is 1.71. The third-order valence-corrected chi connectivity index (χ3v) is 2.61. The van der Waals surface area contributed by atoms with E-state index in [1.807, 2.05) is 0 Å². The lowest BCUT2D eigenvalue weighted by Crippen LogP contribution is -2.13. The first-order valence-electron chi connectivity index (χ1n) is 3.98. The molecule has 1 nitrogen and oxygen atoms in total. The van der Waals surface area contributed by atoms with Crippen molar-refractivity contribution in [2.45, 2.75) is 19.8 Å². The molecule has 12 heavy (non-hydrogen) atoms. The van der Waals surface area contributed by atoms with Gasteiger partial charge < -0.3 is 5.73 Å². The summed E-state index contributed by atoms with van der Waals surface area (Å²) in [7, 11) is 0. The summed E-state index contributed by atoms with van der Waals surface area (Å²) in [4.78, 5) is 0.623. The average molecular weight is 199 g/mol. The Morgan fingerprint density at radius 1 is 1.75 bits per heavy atom. The Hall–Kier alpha value is -0.410. The van der Waals surface area contributed by atoms with E-state index < -0.39 is 0 Å². The zero-order chi connectivity index (χ0) is 8.97. The maximum absolute atomic E-state index is 5.46. The van der Waals surface area contributed by atoms with Gasteiger partial charge >= 0.3 is 0 Å². The maximum Gasteiger partial charge on any atom is 0.0730 e. The monoisotopic (exact) mass is 199 g/mol. The number of thiophene rings is 1. The molecule has 0 spiro atoms. The van der Waals surface area contributed by atoms with Crippen LogP contribution in [0.1, 0.15) is 18.9 Å². The lowest BCUT2D eigenvalue weighted by molar-refractivity contribution is 0.608. The molecule has 1 heterocycles. The van der Waals surface area contributed by atoms with E-state index in [4.69, 9.17) is 18.0 Å². The Morgan fingerprint density at radius 2 is 2.50 bits per heavy atom. The van der Waals surface area contributed by atoms with Crippen LogP contribution < -0.4 is 5.73 Å². The summed E-state index contributed by atoms with van der Waals surface area (Å²) < 4.78 is 0. The molecule has 3 heteroatoms. The molecule has 0 amide bonds. The van der Waals surface area contributed by atoms with Gasteiger partial charge in [0.15, 0.2) is 0 Å². The fourth-order valence-electron chi connectivity index (χ4n) is 1.23. The summed E-state index contributed by atoms with van der Waals surface area (Å²) >= 11 is 6.58. The van der Waals surface area contributed by atoms with Crippen LogP contribution in [0.4, 0.5) is 0 Å². The van der Waals surface area contributed by atoms with Gasteiger partial charge in [0.1, 0.15) is 0 Å². The van der Waals surface area contributed by atoms with Gasteiger partial charge in [-0.2, -0.15) is 11.3 Å². The minimum Gasteiger partial charge on any atom is -0.393 e. The third kappa shape index (κ3) is 3.32. The zero-order valence-electron chi connectivity index (χ0n) is 7.12. The highest BCUT2D eigenvalue weighted by Gasteiger charge is 2.04. The van der Waals surface area contributed by atoms with E-state index in [1.54, 1.807) is 11.3 Å². The van der Waals surface area contributed by atoms with Gasteiger partial charge in [-0.15, -0.1) is 0 Å². The summed E-state index contributed by atoms with van der Waals surface area (Å²) in [5, 5.41) is 4.28. The summed E-state index contributed by atoms with van der Waals surface area (Å²) in [6.07, 6.45) is 1.94. The van der Waals surface area contributed by atoms with Crippen molar-refractivity contribution in [3.63, 3.8) is 0 Å². The van der Waals surface area contributed by atoms with Gasteiger partial charge in [-0.3, -0.25) is 0 Å². The van der Waals surface area contributed by atoms with Gasteiger partial charge in [-0.05, 0) is 34.7 Å². The standard InChI is InChI=1S/C9H13NS2/c1-7(5-9(10)11)4-8-2-3-12-6-8/h2-3,6-7H,4-5H2,1H3,(H2,10,11). The van der Waals surface area contributed by atoms with Crippen LogP contribution in [0.25, 0.3) is 0 Å². The molecule has 0 saturated heterocycles. The van der Waals surface area contributed by atoms with E-state index in [9.17, 15) is 0 Å². The number of thiocarbonyl (C=S) groups is 1. The first-order chi connectivity index (χ1) is 5.68. The van der Waals surface area contributed by atoms with Crippen molar-refractivity contribution in [3.8, 4) is 0 Å². The minimum atomic E-state index is 0.567. The quantitative estimate of drug-likeness (QED) is 0.754. The van der Waals surface area contributed by atoms with Gasteiger partial charge in [-0.25, -0.2) is 0 Å². The first-order valence-corrected chi connectivity index (χ1v) is 5.33.